The van der Waals surface area contributed by atoms with Crippen LogP contribution in [0.15, 0.2) is 18.2 Å². The number of hydrogen-bond acceptors (Lipinski definition) is 3. The molecule has 2 rings (SSSR count). The highest BCUT2D eigenvalue weighted by molar-refractivity contribution is 5.25. The summed E-state index contributed by atoms with van der Waals surface area (Å²) in [6, 6.07) is 4.83. The van der Waals surface area contributed by atoms with Gasteiger partial charge in [0.1, 0.15) is 5.82 Å². The molecule has 0 aromatic heterocycles. The number of hydrogen-bond donors (Lipinski definition) is 1. The van der Waals surface area contributed by atoms with Crippen molar-refractivity contribution in [1.82, 2.24) is 0 Å². The molecular formula is C11H14FNO2. The summed E-state index contributed by atoms with van der Waals surface area (Å²) < 4.78 is 24.0. The van der Waals surface area contributed by atoms with Crippen LogP contribution in [-0.2, 0) is 9.47 Å². The van der Waals surface area contributed by atoms with Crippen LogP contribution in [0.5, 0.6) is 0 Å². The summed E-state index contributed by atoms with van der Waals surface area (Å²) in [7, 11) is 0. The van der Waals surface area contributed by atoms with Crippen molar-refractivity contribution in [3.63, 3.8) is 0 Å². The molecule has 0 amide bonds. The number of benzene rings is 1. The van der Waals surface area contributed by atoms with Crippen LogP contribution in [0, 0.1) is 12.7 Å². The Morgan fingerprint density at radius 1 is 1.53 bits per heavy atom. The van der Waals surface area contributed by atoms with Crippen LogP contribution in [0.2, 0.25) is 0 Å². The average molecular weight is 211 g/mol. The molecular weight excluding hydrogens is 197 g/mol. The van der Waals surface area contributed by atoms with Gasteiger partial charge < -0.3 is 15.2 Å². The number of nitrogens with two attached hydrogens (primary N) is 1. The van der Waals surface area contributed by atoms with Crippen molar-refractivity contribution >= 4 is 0 Å². The van der Waals surface area contributed by atoms with Gasteiger partial charge in [-0.05, 0) is 24.6 Å². The summed E-state index contributed by atoms with van der Waals surface area (Å²) in [5.74, 6) is -0.216. The van der Waals surface area contributed by atoms with Gasteiger partial charge in [0.25, 0.3) is 0 Å². The SMILES string of the molecule is Cc1cc(C2OCC(CN)O2)ccc1F. The largest absolute Gasteiger partial charge is 0.346 e. The lowest BCUT2D eigenvalue weighted by Gasteiger charge is -2.11. The summed E-state index contributed by atoms with van der Waals surface area (Å²) in [6.45, 7) is 2.66. The zero-order valence-corrected chi connectivity index (χ0v) is 8.57. The smallest absolute Gasteiger partial charge is 0.184 e. The van der Waals surface area contributed by atoms with Crippen molar-refractivity contribution in [1.29, 1.82) is 0 Å². The second-order valence-corrected chi connectivity index (χ2v) is 3.67. The van der Waals surface area contributed by atoms with E-state index < -0.39 is 6.29 Å². The van der Waals surface area contributed by atoms with Crippen molar-refractivity contribution in [3.05, 3.63) is 35.1 Å². The lowest BCUT2D eigenvalue weighted by Crippen LogP contribution is -2.21. The van der Waals surface area contributed by atoms with E-state index in [2.05, 4.69) is 0 Å². The first-order valence-electron chi connectivity index (χ1n) is 4.94. The fourth-order valence-corrected chi connectivity index (χ4v) is 1.56. The first-order valence-corrected chi connectivity index (χ1v) is 4.94. The number of ether oxygens (including phenoxy) is 2. The van der Waals surface area contributed by atoms with E-state index in [9.17, 15) is 4.39 Å². The van der Waals surface area contributed by atoms with Crippen molar-refractivity contribution in [2.24, 2.45) is 5.73 Å². The summed E-state index contributed by atoms with van der Waals surface area (Å²) in [4.78, 5) is 0. The molecule has 4 heteroatoms. The predicted octanol–water partition coefficient (Wildman–Crippen LogP) is 1.51. The Morgan fingerprint density at radius 3 is 2.93 bits per heavy atom. The van der Waals surface area contributed by atoms with Gasteiger partial charge in [-0.15, -0.1) is 0 Å². The molecule has 82 valence electrons. The molecule has 0 bridgehead atoms. The van der Waals surface area contributed by atoms with Crippen molar-refractivity contribution in [3.8, 4) is 0 Å². The molecule has 3 nitrogen and oxygen atoms in total. The maximum Gasteiger partial charge on any atom is 0.184 e. The van der Waals surface area contributed by atoms with Gasteiger partial charge in [0, 0.05) is 12.1 Å². The van der Waals surface area contributed by atoms with E-state index in [1.54, 1.807) is 19.1 Å². The monoisotopic (exact) mass is 211 g/mol. The summed E-state index contributed by atoms with van der Waals surface area (Å²) in [5, 5.41) is 0. The molecule has 0 aliphatic carbocycles. The van der Waals surface area contributed by atoms with Crippen molar-refractivity contribution in [2.75, 3.05) is 13.2 Å². The first-order chi connectivity index (χ1) is 7.20. The van der Waals surface area contributed by atoms with E-state index in [0.717, 1.165) is 5.56 Å². The van der Waals surface area contributed by atoms with Gasteiger partial charge in [-0.25, -0.2) is 4.39 Å². The number of halogens is 1. The highest BCUT2D eigenvalue weighted by atomic mass is 19.1. The van der Waals surface area contributed by atoms with E-state index in [4.69, 9.17) is 15.2 Å². The Kier molecular flexibility index (Phi) is 3.00. The minimum absolute atomic E-state index is 0.0552. The van der Waals surface area contributed by atoms with E-state index in [0.29, 0.717) is 18.7 Å². The third kappa shape index (κ3) is 2.17. The Morgan fingerprint density at radius 2 is 2.33 bits per heavy atom. The minimum atomic E-state index is -0.405. The van der Waals surface area contributed by atoms with E-state index >= 15 is 0 Å². The molecule has 2 N–H and O–H groups in total. The van der Waals surface area contributed by atoms with E-state index in [1.165, 1.54) is 6.07 Å². The van der Waals surface area contributed by atoms with Gasteiger partial charge in [-0.3, -0.25) is 0 Å². The lowest BCUT2D eigenvalue weighted by atomic mass is 10.1. The normalized spacial score (nSPS) is 25.8. The van der Waals surface area contributed by atoms with E-state index in [1.807, 2.05) is 0 Å². The summed E-state index contributed by atoms with van der Waals surface area (Å²) in [5.41, 5.74) is 6.89. The van der Waals surface area contributed by atoms with Gasteiger partial charge >= 0.3 is 0 Å². The van der Waals surface area contributed by atoms with Crippen molar-refractivity contribution < 1.29 is 13.9 Å². The molecule has 0 saturated carbocycles. The van der Waals surface area contributed by atoms with Crippen LogP contribution in [0.1, 0.15) is 17.4 Å². The van der Waals surface area contributed by atoms with Crippen LogP contribution in [0.3, 0.4) is 0 Å². The molecule has 1 aliphatic heterocycles. The van der Waals surface area contributed by atoms with Gasteiger partial charge in [-0.1, -0.05) is 6.07 Å². The van der Waals surface area contributed by atoms with E-state index in [-0.39, 0.29) is 11.9 Å². The molecule has 2 atom stereocenters. The standard InChI is InChI=1S/C11H14FNO2/c1-7-4-8(2-3-10(7)12)11-14-6-9(5-13)15-11/h2-4,9,11H,5-6,13H2,1H3. The zero-order chi connectivity index (χ0) is 10.8. The van der Waals surface area contributed by atoms with Crippen LogP contribution in [0.4, 0.5) is 4.39 Å². The molecule has 1 fully saturated rings. The Balaban J connectivity index is 2.13. The molecule has 1 saturated heterocycles. The predicted molar refractivity (Wildman–Crippen MR) is 53.8 cm³/mol. The first kappa shape index (κ1) is 10.5. The molecule has 2 unspecified atom stereocenters. The number of rotatable bonds is 2. The molecule has 0 spiro atoms. The van der Waals surface area contributed by atoms with Gasteiger partial charge in [0.2, 0.25) is 0 Å². The average Bonchev–Trinajstić information content (AvgIpc) is 2.70. The molecule has 1 heterocycles. The lowest BCUT2D eigenvalue weighted by molar-refractivity contribution is -0.0586. The fraction of sp³-hybridized carbons (Fsp3) is 0.455. The molecule has 15 heavy (non-hydrogen) atoms. The highest BCUT2D eigenvalue weighted by Crippen LogP contribution is 2.27. The highest BCUT2D eigenvalue weighted by Gasteiger charge is 2.26. The second kappa shape index (κ2) is 4.26. The van der Waals surface area contributed by atoms with Gasteiger partial charge in [-0.2, -0.15) is 0 Å². The molecule has 0 radical (unpaired) electrons. The zero-order valence-electron chi connectivity index (χ0n) is 8.57. The Labute approximate surface area is 88.0 Å². The fourth-order valence-electron chi connectivity index (χ4n) is 1.56. The Bertz CT molecular complexity index is 356. The molecule has 1 aromatic rings. The summed E-state index contributed by atoms with van der Waals surface area (Å²) in [6.07, 6.45) is -0.460. The Hall–Kier alpha value is -0.970. The maximum atomic E-state index is 13.0. The molecule has 1 aromatic carbocycles. The van der Waals surface area contributed by atoms with Crippen LogP contribution in [-0.4, -0.2) is 19.3 Å². The molecule has 1 aliphatic rings. The second-order valence-electron chi connectivity index (χ2n) is 3.67. The maximum absolute atomic E-state index is 13.0. The van der Waals surface area contributed by atoms with Gasteiger partial charge in [0.05, 0.1) is 12.7 Å². The van der Waals surface area contributed by atoms with Crippen LogP contribution < -0.4 is 5.73 Å². The number of aryl methyl sites for hydroxylation is 1. The topological polar surface area (TPSA) is 44.5 Å². The van der Waals surface area contributed by atoms with Crippen LogP contribution in [0.25, 0.3) is 0 Å². The summed E-state index contributed by atoms with van der Waals surface area (Å²) >= 11 is 0. The minimum Gasteiger partial charge on any atom is -0.346 e. The third-order valence-electron chi connectivity index (χ3n) is 2.47. The van der Waals surface area contributed by atoms with Crippen molar-refractivity contribution in [2.45, 2.75) is 19.3 Å². The van der Waals surface area contributed by atoms with Crippen LogP contribution >= 0.6 is 0 Å². The quantitative estimate of drug-likeness (QED) is 0.806. The van der Waals surface area contributed by atoms with Gasteiger partial charge in [0.15, 0.2) is 6.29 Å². The third-order valence-corrected chi connectivity index (χ3v) is 2.47.